The Hall–Kier alpha value is -2.44. The molecular formula is C10H10N4O3. The van der Waals surface area contributed by atoms with Crippen molar-refractivity contribution in [3.63, 3.8) is 0 Å². The van der Waals surface area contributed by atoms with Crippen LogP contribution in [0.2, 0.25) is 0 Å². The number of nitrogens with one attached hydrogen (secondary N) is 2. The first-order chi connectivity index (χ1) is 8.25. The van der Waals surface area contributed by atoms with E-state index in [0.29, 0.717) is 24.4 Å². The summed E-state index contributed by atoms with van der Waals surface area (Å²) >= 11 is 0. The fourth-order valence-electron chi connectivity index (χ4n) is 1.28. The molecule has 0 aliphatic carbocycles. The van der Waals surface area contributed by atoms with Gasteiger partial charge in [-0.1, -0.05) is 5.16 Å². The molecule has 0 aromatic carbocycles. The molecule has 0 aliphatic heterocycles. The Morgan fingerprint density at radius 2 is 2.41 bits per heavy atom. The smallest absolute Gasteiger partial charge is 0.251 e. The van der Waals surface area contributed by atoms with Crippen LogP contribution in [0, 0.1) is 0 Å². The molecule has 88 valence electrons. The normalized spacial score (nSPS) is 10.1. The number of aromatic amines is 1. The number of carbonyl (C=O) groups excluding carboxylic acids is 1. The lowest BCUT2D eigenvalue weighted by molar-refractivity contribution is 0.0953. The molecule has 0 atom stereocenters. The summed E-state index contributed by atoms with van der Waals surface area (Å²) in [6.45, 7) is 0.369. The lowest BCUT2D eigenvalue weighted by Gasteiger charge is -2.02. The highest BCUT2D eigenvalue weighted by Crippen LogP contribution is 1.94. The van der Waals surface area contributed by atoms with Crippen LogP contribution < -0.4 is 10.9 Å². The molecule has 0 radical (unpaired) electrons. The maximum absolute atomic E-state index is 11.6. The minimum Gasteiger partial charge on any atom is -0.352 e. The molecule has 2 heterocycles. The van der Waals surface area contributed by atoms with E-state index in [-0.39, 0.29) is 11.5 Å². The monoisotopic (exact) mass is 234 g/mol. The minimum atomic E-state index is -0.311. The van der Waals surface area contributed by atoms with Crippen molar-refractivity contribution in [2.45, 2.75) is 6.42 Å². The molecule has 0 fully saturated rings. The Kier molecular flexibility index (Phi) is 3.29. The number of pyridine rings is 1. The average molecular weight is 234 g/mol. The summed E-state index contributed by atoms with van der Waals surface area (Å²) in [7, 11) is 0. The predicted molar refractivity (Wildman–Crippen MR) is 57.4 cm³/mol. The van der Waals surface area contributed by atoms with Crippen LogP contribution in [0.5, 0.6) is 0 Å². The van der Waals surface area contributed by atoms with Crippen molar-refractivity contribution < 1.29 is 9.32 Å². The highest BCUT2D eigenvalue weighted by molar-refractivity contribution is 5.93. The van der Waals surface area contributed by atoms with Gasteiger partial charge in [-0.3, -0.25) is 9.59 Å². The van der Waals surface area contributed by atoms with Crippen LogP contribution in [0.1, 0.15) is 16.2 Å². The largest absolute Gasteiger partial charge is 0.352 e. The second-order valence-corrected chi connectivity index (χ2v) is 3.28. The summed E-state index contributed by atoms with van der Waals surface area (Å²) in [6.07, 6.45) is 3.18. The van der Waals surface area contributed by atoms with E-state index in [1.54, 1.807) is 0 Å². The van der Waals surface area contributed by atoms with Crippen molar-refractivity contribution in [3.05, 3.63) is 46.5 Å². The molecule has 2 aromatic heterocycles. The van der Waals surface area contributed by atoms with Crippen LogP contribution in [-0.4, -0.2) is 27.6 Å². The van der Waals surface area contributed by atoms with Gasteiger partial charge in [0, 0.05) is 30.8 Å². The molecule has 2 aromatic rings. The first-order valence-electron chi connectivity index (χ1n) is 4.98. The third-order valence-electron chi connectivity index (χ3n) is 2.07. The van der Waals surface area contributed by atoms with E-state index in [4.69, 9.17) is 4.52 Å². The SMILES string of the molecule is O=C(NCCc1ncno1)c1cc[nH]c(=O)c1. The summed E-state index contributed by atoms with van der Waals surface area (Å²) in [5.41, 5.74) is 0.00818. The fourth-order valence-corrected chi connectivity index (χ4v) is 1.28. The maximum atomic E-state index is 11.6. The molecule has 0 saturated carbocycles. The van der Waals surface area contributed by atoms with Crippen molar-refractivity contribution >= 4 is 5.91 Å². The number of amides is 1. The van der Waals surface area contributed by atoms with Gasteiger partial charge in [-0.15, -0.1) is 0 Å². The summed E-state index contributed by atoms with van der Waals surface area (Å²) in [5.74, 6) is 0.145. The summed E-state index contributed by atoms with van der Waals surface area (Å²) < 4.78 is 4.77. The van der Waals surface area contributed by atoms with E-state index in [2.05, 4.69) is 20.4 Å². The second-order valence-electron chi connectivity index (χ2n) is 3.28. The molecule has 7 heteroatoms. The zero-order valence-electron chi connectivity index (χ0n) is 8.84. The van der Waals surface area contributed by atoms with Crippen molar-refractivity contribution in [1.82, 2.24) is 20.4 Å². The quantitative estimate of drug-likeness (QED) is 0.758. The van der Waals surface area contributed by atoms with E-state index in [1.165, 1.54) is 24.7 Å². The first kappa shape index (κ1) is 11.1. The Morgan fingerprint density at radius 1 is 1.53 bits per heavy atom. The predicted octanol–water partition coefficient (Wildman–Crippen LogP) is -0.270. The first-order valence-corrected chi connectivity index (χ1v) is 4.98. The zero-order chi connectivity index (χ0) is 12.1. The van der Waals surface area contributed by atoms with E-state index >= 15 is 0 Å². The van der Waals surface area contributed by atoms with Crippen LogP contribution in [-0.2, 0) is 6.42 Å². The van der Waals surface area contributed by atoms with E-state index in [1.807, 2.05) is 0 Å². The van der Waals surface area contributed by atoms with Gasteiger partial charge in [0.15, 0.2) is 6.33 Å². The Balaban J connectivity index is 1.87. The number of nitrogens with zero attached hydrogens (tertiary/aromatic N) is 2. The third-order valence-corrected chi connectivity index (χ3v) is 2.07. The molecule has 1 amide bonds. The van der Waals surface area contributed by atoms with Gasteiger partial charge < -0.3 is 14.8 Å². The van der Waals surface area contributed by atoms with Crippen molar-refractivity contribution in [1.29, 1.82) is 0 Å². The number of rotatable bonds is 4. The van der Waals surface area contributed by atoms with Crippen LogP contribution in [0.25, 0.3) is 0 Å². The average Bonchev–Trinajstić information content (AvgIpc) is 2.82. The van der Waals surface area contributed by atoms with Crippen molar-refractivity contribution in [2.24, 2.45) is 0 Å². The van der Waals surface area contributed by atoms with Crippen LogP contribution in [0.3, 0.4) is 0 Å². The molecule has 0 spiro atoms. The van der Waals surface area contributed by atoms with Gasteiger partial charge in [0.25, 0.3) is 5.91 Å². The topological polar surface area (TPSA) is 101 Å². The molecule has 0 bridgehead atoms. The van der Waals surface area contributed by atoms with Crippen LogP contribution >= 0.6 is 0 Å². The molecule has 0 saturated heterocycles. The number of hydrogen-bond acceptors (Lipinski definition) is 5. The minimum absolute atomic E-state index is 0.310. The van der Waals surface area contributed by atoms with E-state index in [0.717, 1.165) is 0 Å². The second kappa shape index (κ2) is 5.06. The molecule has 0 unspecified atom stereocenters. The highest BCUT2D eigenvalue weighted by atomic mass is 16.5. The Bertz CT molecular complexity index is 547. The Morgan fingerprint density at radius 3 is 3.12 bits per heavy atom. The zero-order valence-corrected chi connectivity index (χ0v) is 8.84. The lowest BCUT2D eigenvalue weighted by atomic mass is 10.2. The molecule has 7 nitrogen and oxygen atoms in total. The van der Waals surface area contributed by atoms with E-state index < -0.39 is 0 Å². The van der Waals surface area contributed by atoms with Gasteiger partial charge in [-0.2, -0.15) is 4.98 Å². The number of hydrogen-bond donors (Lipinski definition) is 2. The highest BCUT2D eigenvalue weighted by Gasteiger charge is 2.06. The summed E-state index contributed by atoms with van der Waals surface area (Å²) in [6, 6.07) is 2.77. The van der Waals surface area contributed by atoms with Crippen molar-refractivity contribution in [2.75, 3.05) is 6.54 Å². The molecule has 2 N–H and O–H groups in total. The van der Waals surface area contributed by atoms with Gasteiger partial charge in [-0.25, -0.2) is 0 Å². The van der Waals surface area contributed by atoms with E-state index in [9.17, 15) is 9.59 Å². The van der Waals surface area contributed by atoms with Gasteiger partial charge in [0.2, 0.25) is 11.4 Å². The number of aromatic nitrogens is 3. The van der Waals surface area contributed by atoms with Gasteiger partial charge in [0.1, 0.15) is 0 Å². The maximum Gasteiger partial charge on any atom is 0.251 e. The van der Waals surface area contributed by atoms with Gasteiger partial charge in [0.05, 0.1) is 0 Å². The van der Waals surface area contributed by atoms with Gasteiger partial charge in [-0.05, 0) is 6.07 Å². The van der Waals surface area contributed by atoms with Crippen LogP contribution in [0.4, 0.5) is 0 Å². The Labute approximate surface area is 95.9 Å². The molecule has 2 rings (SSSR count). The molecule has 0 aliphatic rings. The molecule has 17 heavy (non-hydrogen) atoms. The fraction of sp³-hybridized carbons (Fsp3) is 0.200. The van der Waals surface area contributed by atoms with Crippen molar-refractivity contribution in [3.8, 4) is 0 Å². The summed E-state index contributed by atoms with van der Waals surface area (Å²) in [5, 5.41) is 6.09. The van der Waals surface area contributed by atoms with Gasteiger partial charge >= 0.3 is 0 Å². The lowest BCUT2D eigenvalue weighted by Crippen LogP contribution is -2.26. The van der Waals surface area contributed by atoms with Crippen LogP contribution in [0.15, 0.2) is 34.0 Å². The number of carbonyl (C=O) groups is 1. The summed E-state index contributed by atoms with van der Waals surface area (Å²) in [4.78, 5) is 28.8. The number of H-pyrrole nitrogens is 1. The molecular weight excluding hydrogens is 224 g/mol. The third kappa shape index (κ3) is 3.00. The standard InChI is InChI=1S/C10H10N4O3/c15-8-5-7(1-3-11-8)10(16)12-4-2-9-13-6-14-17-9/h1,3,5-6H,2,4H2,(H,11,15)(H,12,16).